The molecule has 4 rings (SSSR count). The Hall–Kier alpha value is -4.53. The summed E-state index contributed by atoms with van der Waals surface area (Å²) in [7, 11) is 0. The Balaban J connectivity index is 1.54. The molecule has 2 unspecified atom stereocenters. The number of ether oxygens (including phenoxy) is 1. The fourth-order valence-corrected chi connectivity index (χ4v) is 4.63. The largest absolute Gasteiger partial charge is 0.480 e. The van der Waals surface area contributed by atoms with Gasteiger partial charge in [0.2, 0.25) is 5.91 Å². The van der Waals surface area contributed by atoms with Gasteiger partial charge in [0.1, 0.15) is 6.04 Å². The Bertz CT molecular complexity index is 1380. The quantitative estimate of drug-likeness (QED) is 0.429. The lowest BCUT2D eigenvalue weighted by atomic mass is 9.94. The summed E-state index contributed by atoms with van der Waals surface area (Å²) < 4.78 is 5.24. The molecule has 3 aromatic rings. The predicted molar refractivity (Wildman–Crippen MR) is 134 cm³/mol. The van der Waals surface area contributed by atoms with Crippen LogP contribution < -0.4 is 5.32 Å². The van der Waals surface area contributed by atoms with Crippen molar-refractivity contribution in [1.29, 1.82) is 0 Å². The van der Waals surface area contributed by atoms with Crippen LogP contribution in [0, 0.1) is 0 Å². The van der Waals surface area contributed by atoms with E-state index in [2.05, 4.69) is 5.32 Å². The van der Waals surface area contributed by atoms with Gasteiger partial charge in [-0.2, -0.15) is 0 Å². The van der Waals surface area contributed by atoms with E-state index in [0.717, 1.165) is 33.7 Å². The van der Waals surface area contributed by atoms with Crippen molar-refractivity contribution in [3.8, 4) is 0 Å². The minimum atomic E-state index is -1.71. The first-order valence-electron chi connectivity index (χ1n) is 11.8. The zero-order valence-electron chi connectivity index (χ0n) is 20.2. The number of rotatable bonds is 9. The zero-order valence-corrected chi connectivity index (χ0v) is 20.2. The van der Waals surface area contributed by atoms with Gasteiger partial charge < -0.3 is 20.1 Å². The Morgan fingerprint density at radius 2 is 1.70 bits per heavy atom. The number of hydrogen-bond donors (Lipinski definition) is 2. The Kier molecular flexibility index (Phi) is 7.62. The number of carbonyl (C=O) groups excluding carboxylic acids is 4. The first-order valence-corrected chi connectivity index (χ1v) is 11.8. The first-order chi connectivity index (χ1) is 17.8. The second kappa shape index (κ2) is 11.0. The second-order valence-corrected chi connectivity index (χ2v) is 8.81. The van der Waals surface area contributed by atoms with Gasteiger partial charge in [0, 0.05) is 19.0 Å². The van der Waals surface area contributed by atoms with E-state index in [1.165, 1.54) is 0 Å². The van der Waals surface area contributed by atoms with Crippen molar-refractivity contribution in [1.82, 2.24) is 10.2 Å². The summed E-state index contributed by atoms with van der Waals surface area (Å²) in [5.41, 5.74) is 1.85. The number of esters is 1. The molecule has 1 aliphatic heterocycles. The molecular weight excluding hydrogens is 476 g/mol. The lowest BCUT2D eigenvalue weighted by molar-refractivity contribution is -0.151. The third kappa shape index (κ3) is 5.66. The SMILES string of the molecule is CC(=O)NC(C(=O)O)C(C(=O)COC(=O)Cc1cccc2ccccc12)N1CCc2ccccc2C1=O. The van der Waals surface area contributed by atoms with Crippen LogP contribution in [-0.2, 0) is 36.8 Å². The van der Waals surface area contributed by atoms with Crippen LogP contribution in [0.15, 0.2) is 66.7 Å². The Morgan fingerprint density at radius 3 is 2.46 bits per heavy atom. The number of carbonyl (C=O) groups is 5. The van der Waals surface area contributed by atoms with E-state index in [4.69, 9.17) is 4.74 Å². The van der Waals surface area contributed by atoms with E-state index >= 15 is 0 Å². The van der Waals surface area contributed by atoms with E-state index < -0.39 is 48.2 Å². The van der Waals surface area contributed by atoms with E-state index in [0.29, 0.717) is 12.0 Å². The maximum atomic E-state index is 13.3. The number of fused-ring (bicyclic) bond motifs is 2. The summed E-state index contributed by atoms with van der Waals surface area (Å²) in [6.45, 7) is 0.442. The summed E-state index contributed by atoms with van der Waals surface area (Å²) in [6, 6.07) is 16.6. The molecule has 37 heavy (non-hydrogen) atoms. The Morgan fingerprint density at radius 1 is 1.00 bits per heavy atom. The van der Waals surface area contributed by atoms with Gasteiger partial charge in [-0.15, -0.1) is 0 Å². The molecule has 0 spiro atoms. The van der Waals surface area contributed by atoms with Crippen LogP contribution in [0.25, 0.3) is 10.8 Å². The fraction of sp³-hybridized carbons (Fsp3) is 0.250. The average molecular weight is 503 g/mol. The molecule has 1 aliphatic rings. The van der Waals surface area contributed by atoms with Gasteiger partial charge in [-0.1, -0.05) is 60.7 Å². The topological polar surface area (TPSA) is 130 Å². The molecule has 190 valence electrons. The molecule has 0 fully saturated rings. The zero-order chi connectivity index (χ0) is 26.5. The molecule has 2 amide bonds. The molecule has 2 N–H and O–H groups in total. The highest BCUT2D eigenvalue weighted by atomic mass is 16.5. The molecule has 0 aromatic heterocycles. The summed E-state index contributed by atoms with van der Waals surface area (Å²) in [5, 5.41) is 13.9. The Labute approximate surface area is 213 Å². The third-order valence-electron chi connectivity index (χ3n) is 6.33. The van der Waals surface area contributed by atoms with Crippen molar-refractivity contribution in [3.63, 3.8) is 0 Å². The van der Waals surface area contributed by atoms with Crippen molar-refractivity contribution in [2.24, 2.45) is 0 Å². The minimum absolute atomic E-state index is 0.0690. The normalized spacial score (nSPS) is 14.4. The van der Waals surface area contributed by atoms with Crippen molar-refractivity contribution < 1.29 is 33.8 Å². The lowest BCUT2D eigenvalue weighted by Gasteiger charge is -2.37. The number of Topliss-reactive ketones (excluding diaryl/α,β-unsaturated/α-hetero) is 1. The molecule has 0 radical (unpaired) electrons. The fourth-order valence-electron chi connectivity index (χ4n) is 4.63. The second-order valence-electron chi connectivity index (χ2n) is 8.81. The number of nitrogens with zero attached hydrogens (tertiary/aromatic N) is 1. The van der Waals surface area contributed by atoms with E-state index in [-0.39, 0.29) is 13.0 Å². The average Bonchev–Trinajstić information content (AvgIpc) is 2.88. The molecule has 2 atom stereocenters. The summed E-state index contributed by atoms with van der Waals surface area (Å²) in [6.07, 6.45) is 0.308. The molecular formula is C28H26N2O7. The summed E-state index contributed by atoms with van der Waals surface area (Å²) >= 11 is 0. The van der Waals surface area contributed by atoms with E-state index in [1.54, 1.807) is 30.3 Å². The van der Waals surface area contributed by atoms with Gasteiger partial charge in [-0.3, -0.25) is 19.2 Å². The van der Waals surface area contributed by atoms with E-state index in [1.807, 2.05) is 36.4 Å². The predicted octanol–water partition coefficient (Wildman–Crippen LogP) is 2.15. The van der Waals surface area contributed by atoms with Gasteiger partial charge in [-0.05, 0) is 34.4 Å². The molecule has 0 bridgehead atoms. The van der Waals surface area contributed by atoms with Gasteiger partial charge in [0.25, 0.3) is 5.91 Å². The minimum Gasteiger partial charge on any atom is -0.480 e. The van der Waals surface area contributed by atoms with Crippen LogP contribution in [0.2, 0.25) is 0 Å². The molecule has 9 nitrogen and oxygen atoms in total. The molecule has 3 aromatic carbocycles. The number of aliphatic carboxylic acids is 1. The van der Waals surface area contributed by atoms with Crippen LogP contribution in [-0.4, -0.2) is 64.8 Å². The highest BCUT2D eigenvalue weighted by molar-refractivity contribution is 6.03. The summed E-state index contributed by atoms with van der Waals surface area (Å²) in [5.74, 6) is -4.17. The summed E-state index contributed by atoms with van der Waals surface area (Å²) in [4.78, 5) is 64.1. The lowest BCUT2D eigenvalue weighted by Crippen LogP contribution is -2.62. The van der Waals surface area contributed by atoms with Crippen molar-refractivity contribution in [2.75, 3.05) is 13.2 Å². The number of benzene rings is 3. The van der Waals surface area contributed by atoms with Gasteiger partial charge in [0.05, 0.1) is 6.42 Å². The van der Waals surface area contributed by atoms with Crippen LogP contribution in [0.4, 0.5) is 0 Å². The van der Waals surface area contributed by atoms with Gasteiger partial charge in [0.15, 0.2) is 18.4 Å². The van der Waals surface area contributed by atoms with Crippen LogP contribution in [0.5, 0.6) is 0 Å². The number of carboxylic acid groups (broad SMARTS) is 1. The van der Waals surface area contributed by atoms with E-state index in [9.17, 15) is 29.1 Å². The smallest absolute Gasteiger partial charge is 0.328 e. The number of ketones is 1. The molecule has 1 heterocycles. The highest BCUT2D eigenvalue weighted by Crippen LogP contribution is 2.23. The van der Waals surface area contributed by atoms with Gasteiger partial charge >= 0.3 is 11.9 Å². The van der Waals surface area contributed by atoms with Crippen LogP contribution >= 0.6 is 0 Å². The molecule has 0 saturated carbocycles. The molecule has 9 heteroatoms. The number of nitrogens with one attached hydrogen (secondary N) is 1. The van der Waals surface area contributed by atoms with Crippen molar-refractivity contribution >= 4 is 40.3 Å². The third-order valence-corrected chi connectivity index (χ3v) is 6.33. The van der Waals surface area contributed by atoms with Crippen LogP contribution in [0.3, 0.4) is 0 Å². The van der Waals surface area contributed by atoms with Crippen molar-refractivity contribution in [2.45, 2.75) is 31.8 Å². The molecule has 0 saturated heterocycles. The van der Waals surface area contributed by atoms with Gasteiger partial charge in [-0.25, -0.2) is 4.79 Å². The molecule has 0 aliphatic carbocycles. The number of carboxylic acids is 1. The standard InChI is InChI=1S/C28H26N2O7/c1-17(31)29-25(28(35)36)26(30-14-13-19-8-3-5-12-22(19)27(30)34)23(32)16-37-24(33)15-20-10-6-9-18-7-2-4-11-21(18)20/h2-12,25-26H,13-16H2,1H3,(H,29,31)(H,35,36). The highest BCUT2D eigenvalue weighted by Gasteiger charge is 2.43. The number of amides is 2. The maximum Gasteiger partial charge on any atom is 0.328 e. The van der Waals surface area contributed by atoms with Crippen LogP contribution in [0.1, 0.15) is 28.4 Å². The number of hydrogen-bond acceptors (Lipinski definition) is 6. The first kappa shape index (κ1) is 25.6. The monoisotopic (exact) mass is 502 g/mol. The maximum absolute atomic E-state index is 13.3. The van der Waals surface area contributed by atoms with Crippen molar-refractivity contribution in [3.05, 3.63) is 83.4 Å².